The van der Waals surface area contributed by atoms with Gasteiger partial charge in [-0.15, -0.1) is 0 Å². The number of alkyl halides is 3. The summed E-state index contributed by atoms with van der Waals surface area (Å²) in [6.07, 6.45) is -5.01. The SMILES string of the molecule is CCC1CN(C(=O)C(F)(F)F)c2cc(C(C)=O)ccc2O1. The minimum atomic E-state index is -4.97. The Kier molecular flexibility index (Phi) is 3.93. The minimum Gasteiger partial charge on any atom is -0.486 e. The molecule has 21 heavy (non-hydrogen) atoms. The van der Waals surface area contributed by atoms with Crippen LogP contribution in [0.15, 0.2) is 18.2 Å². The number of halogens is 3. The summed E-state index contributed by atoms with van der Waals surface area (Å²) in [5, 5.41) is 0. The largest absolute Gasteiger partial charge is 0.486 e. The molecule has 7 heteroatoms. The monoisotopic (exact) mass is 301 g/mol. The maximum atomic E-state index is 12.7. The Labute approximate surface area is 119 Å². The number of ether oxygens (including phenoxy) is 1. The third-order valence-electron chi connectivity index (χ3n) is 3.28. The van der Waals surface area contributed by atoms with Crippen molar-refractivity contribution in [3.05, 3.63) is 23.8 Å². The highest BCUT2D eigenvalue weighted by atomic mass is 19.4. The van der Waals surface area contributed by atoms with Gasteiger partial charge in [-0.1, -0.05) is 6.92 Å². The van der Waals surface area contributed by atoms with E-state index in [9.17, 15) is 22.8 Å². The lowest BCUT2D eigenvalue weighted by Gasteiger charge is -2.35. The molecule has 1 aromatic rings. The lowest BCUT2D eigenvalue weighted by Crippen LogP contribution is -2.48. The molecule has 1 atom stereocenters. The van der Waals surface area contributed by atoms with Crippen molar-refractivity contribution in [2.24, 2.45) is 0 Å². The standard InChI is InChI=1S/C14H14F3NO3/c1-3-10-7-18(13(20)14(15,16)17)11-6-9(8(2)19)4-5-12(11)21-10/h4-6,10H,3,7H2,1-2H3. The molecule has 0 N–H and O–H groups in total. The van der Waals surface area contributed by atoms with E-state index in [1.807, 2.05) is 0 Å². The zero-order chi connectivity index (χ0) is 15.8. The summed E-state index contributed by atoms with van der Waals surface area (Å²) in [4.78, 5) is 23.6. The lowest BCUT2D eigenvalue weighted by molar-refractivity contribution is -0.170. The Bertz CT molecular complexity index is 583. The first-order valence-electron chi connectivity index (χ1n) is 6.44. The van der Waals surface area contributed by atoms with E-state index >= 15 is 0 Å². The van der Waals surface area contributed by atoms with E-state index in [1.54, 1.807) is 6.92 Å². The second-order valence-electron chi connectivity index (χ2n) is 4.80. The molecule has 1 unspecified atom stereocenters. The molecule has 1 amide bonds. The number of Topliss-reactive ketones (excluding diaryl/α,β-unsaturated/α-hetero) is 1. The highest BCUT2D eigenvalue weighted by Gasteiger charge is 2.45. The number of benzene rings is 1. The zero-order valence-electron chi connectivity index (χ0n) is 11.5. The summed E-state index contributed by atoms with van der Waals surface area (Å²) in [6.45, 7) is 2.87. The molecule has 4 nitrogen and oxygen atoms in total. The van der Waals surface area contributed by atoms with Gasteiger partial charge in [-0.05, 0) is 31.5 Å². The van der Waals surface area contributed by atoms with Gasteiger partial charge in [0.05, 0.1) is 12.2 Å². The Hall–Kier alpha value is -2.05. The van der Waals surface area contributed by atoms with Crippen molar-refractivity contribution in [2.45, 2.75) is 32.5 Å². The van der Waals surface area contributed by atoms with E-state index in [2.05, 4.69) is 0 Å². The third kappa shape index (κ3) is 3.01. The molecular formula is C14H14F3NO3. The van der Waals surface area contributed by atoms with Crippen molar-refractivity contribution >= 4 is 17.4 Å². The molecule has 0 aromatic heterocycles. The first-order chi connectivity index (χ1) is 9.74. The third-order valence-corrected chi connectivity index (χ3v) is 3.28. The molecule has 0 spiro atoms. The highest BCUT2D eigenvalue weighted by molar-refractivity contribution is 6.01. The molecule has 0 fully saturated rings. The fourth-order valence-corrected chi connectivity index (χ4v) is 2.12. The molecule has 0 saturated carbocycles. The smallest absolute Gasteiger partial charge is 0.471 e. The van der Waals surface area contributed by atoms with Crippen molar-refractivity contribution in [3.8, 4) is 5.75 Å². The Morgan fingerprint density at radius 2 is 2.05 bits per heavy atom. The van der Waals surface area contributed by atoms with Gasteiger partial charge in [0.25, 0.3) is 0 Å². The maximum Gasteiger partial charge on any atom is 0.471 e. The molecular weight excluding hydrogens is 287 g/mol. The van der Waals surface area contributed by atoms with E-state index in [0.717, 1.165) is 0 Å². The first kappa shape index (κ1) is 15.3. The maximum absolute atomic E-state index is 12.7. The molecule has 0 saturated heterocycles. The van der Waals surface area contributed by atoms with Crippen LogP contribution in [0.5, 0.6) is 5.75 Å². The molecule has 0 aliphatic carbocycles. The minimum absolute atomic E-state index is 0.0188. The molecule has 114 valence electrons. The number of ketones is 1. The van der Waals surface area contributed by atoms with Gasteiger partial charge in [-0.3, -0.25) is 14.5 Å². The number of hydrogen-bond acceptors (Lipinski definition) is 3. The van der Waals surface area contributed by atoms with E-state index < -0.39 is 18.2 Å². The summed E-state index contributed by atoms with van der Waals surface area (Å²) >= 11 is 0. The number of fused-ring (bicyclic) bond motifs is 1. The lowest BCUT2D eigenvalue weighted by atomic mass is 10.1. The van der Waals surface area contributed by atoms with Gasteiger partial charge in [0, 0.05) is 5.56 Å². The Balaban J connectivity index is 2.49. The summed E-state index contributed by atoms with van der Waals surface area (Å²) in [5.41, 5.74) is 0.210. The van der Waals surface area contributed by atoms with E-state index in [4.69, 9.17) is 4.74 Å². The van der Waals surface area contributed by atoms with Crippen LogP contribution in [0.4, 0.5) is 18.9 Å². The molecule has 1 aliphatic rings. The van der Waals surface area contributed by atoms with Crippen LogP contribution in [0.25, 0.3) is 0 Å². The van der Waals surface area contributed by atoms with Crippen molar-refractivity contribution in [1.82, 2.24) is 0 Å². The number of amides is 1. The van der Waals surface area contributed by atoms with Crippen LogP contribution < -0.4 is 9.64 Å². The zero-order valence-corrected chi connectivity index (χ0v) is 11.5. The fraction of sp³-hybridized carbons (Fsp3) is 0.429. The van der Waals surface area contributed by atoms with Crippen molar-refractivity contribution < 1.29 is 27.5 Å². The van der Waals surface area contributed by atoms with E-state index in [1.165, 1.54) is 25.1 Å². The van der Waals surface area contributed by atoms with Gasteiger partial charge in [0.2, 0.25) is 0 Å². The molecule has 1 aromatic carbocycles. The topological polar surface area (TPSA) is 46.6 Å². The van der Waals surface area contributed by atoms with Gasteiger partial charge in [-0.2, -0.15) is 13.2 Å². The highest BCUT2D eigenvalue weighted by Crippen LogP contribution is 2.37. The number of carbonyl (C=O) groups excluding carboxylic acids is 2. The number of anilines is 1. The molecule has 0 bridgehead atoms. The number of hydrogen-bond donors (Lipinski definition) is 0. The van der Waals surface area contributed by atoms with Crippen LogP contribution in [0.3, 0.4) is 0 Å². The van der Waals surface area contributed by atoms with Crippen molar-refractivity contribution in [2.75, 3.05) is 11.4 Å². The average Bonchev–Trinajstić information content (AvgIpc) is 2.43. The summed E-state index contributed by atoms with van der Waals surface area (Å²) in [6, 6.07) is 4.15. The molecule has 0 radical (unpaired) electrons. The quantitative estimate of drug-likeness (QED) is 0.789. The van der Waals surface area contributed by atoms with Crippen LogP contribution in [0.1, 0.15) is 30.6 Å². The van der Waals surface area contributed by atoms with Gasteiger partial charge < -0.3 is 4.74 Å². The number of nitrogens with zero attached hydrogens (tertiary/aromatic N) is 1. The summed E-state index contributed by atoms with van der Waals surface area (Å²) in [5.74, 6) is -2.07. The molecule has 1 aliphatic heterocycles. The predicted octanol–water partition coefficient (Wildman–Crippen LogP) is 2.96. The second-order valence-corrected chi connectivity index (χ2v) is 4.80. The molecule has 1 heterocycles. The second kappa shape index (κ2) is 5.38. The number of carbonyl (C=O) groups is 2. The van der Waals surface area contributed by atoms with Crippen LogP contribution in [0, 0.1) is 0 Å². The van der Waals surface area contributed by atoms with Gasteiger partial charge in [0.15, 0.2) is 5.78 Å². The number of rotatable bonds is 2. The van der Waals surface area contributed by atoms with Gasteiger partial charge in [0.1, 0.15) is 11.9 Å². The summed E-state index contributed by atoms with van der Waals surface area (Å²) < 4.78 is 43.7. The van der Waals surface area contributed by atoms with E-state index in [-0.39, 0.29) is 29.3 Å². The first-order valence-corrected chi connectivity index (χ1v) is 6.44. The normalized spacial score (nSPS) is 18.0. The van der Waals surface area contributed by atoms with Crippen LogP contribution >= 0.6 is 0 Å². The van der Waals surface area contributed by atoms with Crippen LogP contribution in [-0.2, 0) is 4.79 Å². The van der Waals surface area contributed by atoms with Crippen molar-refractivity contribution in [1.29, 1.82) is 0 Å². The average molecular weight is 301 g/mol. The van der Waals surface area contributed by atoms with E-state index in [0.29, 0.717) is 11.3 Å². The van der Waals surface area contributed by atoms with Gasteiger partial charge >= 0.3 is 12.1 Å². The van der Waals surface area contributed by atoms with Crippen LogP contribution in [0.2, 0.25) is 0 Å². The van der Waals surface area contributed by atoms with Crippen LogP contribution in [-0.4, -0.2) is 30.5 Å². The Morgan fingerprint density at radius 3 is 2.57 bits per heavy atom. The molecule has 2 rings (SSSR count). The predicted molar refractivity (Wildman–Crippen MR) is 69.6 cm³/mol. The fourth-order valence-electron chi connectivity index (χ4n) is 2.12. The summed E-state index contributed by atoms with van der Waals surface area (Å²) in [7, 11) is 0. The van der Waals surface area contributed by atoms with Crippen molar-refractivity contribution in [3.63, 3.8) is 0 Å². The Morgan fingerprint density at radius 1 is 1.38 bits per heavy atom. The van der Waals surface area contributed by atoms with Gasteiger partial charge in [-0.25, -0.2) is 0 Å².